The molecule has 4 aliphatic heterocycles. The van der Waals surface area contributed by atoms with E-state index in [4.69, 9.17) is 14.5 Å². The van der Waals surface area contributed by atoms with Crippen LogP contribution < -0.4 is 14.5 Å². The van der Waals surface area contributed by atoms with Crippen molar-refractivity contribution in [1.29, 1.82) is 5.26 Å². The van der Waals surface area contributed by atoms with E-state index in [1.807, 2.05) is 49.9 Å². The largest absolute Gasteiger partial charge is 0.508 e. The molecular formula is C36H44N6O4. The van der Waals surface area contributed by atoms with E-state index in [0.29, 0.717) is 44.1 Å². The van der Waals surface area contributed by atoms with Crippen LogP contribution in [0.3, 0.4) is 0 Å². The summed E-state index contributed by atoms with van der Waals surface area (Å²) in [6.45, 7) is 9.79. The summed E-state index contributed by atoms with van der Waals surface area (Å²) in [4.78, 5) is 27.2. The number of anilines is 2. The van der Waals surface area contributed by atoms with Gasteiger partial charge in [0, 0.05) is 60.5 Å². The molecule has 242 valence electrons. The molecule has 46 heavy (non-hydrogen) atoms. The zero-order valence-electron chi connectivity index (χ0n) is 27.3. The first kappa shape index (κ1) is 30.4. The molecule has 3 fully saturated rings. The number of phenolic OH excluding ortho intramolecular Hbond substituents is 1. The minimum absolute atomic E-state index is 0.0388. The van der Waals surface area contributed by atoms with E-state index in [0.717, 1.165) is 72.2 Å². The van der Waals surface area contributed by atoms with E-state index in [2.05, 4.69) is 33.9 Å². The number of ether oxygens (including phenoxy) is 2. The van der Waals surface area contributed by atoms with Crippen LogP contribution in [0.2, 0.25) is 0 Å². The van der Waals surface area contributed by atoms with Gasteiger partial charge in [0.15, 0.2) is 0 Å². The van der Waals surface area contributed by atoms with Gasteiger partial charge in [-0.1, -0.05) is 24.3 Å². The number of pyridine rings is 1. The monoisotopic (exact) mass is 624 g/mol. The SMILES string of the molecule is CN1CCC[C@H]1COc1nc(N2CC3CCC(C2)N3C(=O)OC(C)(C)C)c2c(c1C#N)CN(c1cc(O)cc3ccccc13)CC2. The van der Waals surface area contributed by atoms with Gasteiger partial charge < -0.3 is 29.3 Å². The third kappa shape index (κ3) is 5.66. The number of likely N-dealkylation sites (N-methyl/N-ethyl adjacent to an activating group) is 1. The number of benzene rings is 2. The van der Waals surface area contributed by atoms with Crippen LogP contribution >= 0.6 is 0 Å². The molecule has 0 spiro atoms. The zero-order chi connectivity index (χ0) is 32.2. The number of carbonyl (C=O) groups excluding carboxylic acids is 1. The average Bonchev–Trinajstić information content (AvgIpc) is 3.56. The maximum Gasteiger partial charge on any atom is 0.410 e. The van der Waals surface area contributed by atoms with Gasteiger partial charge in [0.05, 0.1) is 12.1 Å². The van der Waals surface area contributed by atoms with Crippen LogP contribution in [0.5, 0.6) is 11.6 Å². The predicted molar refractivity (Wildman–Crippen MR) is 178 cm³/mol. The molecule has 2 unspecified atom stereocenters. The van der Waals surface area contributed by atoms with Gasteiger partial charge in [-0.25, -0.2) is 4.79 Å². The first-order valence-electron chi connectivity index (χ1n) is 16.6. The van der Waals surface area contributed by atoms with E-state index in [9.17, 15) is 15.2 Å². The lowest BCUT2D eigenvalue weighted by Crippen LogP contribution is -2.57. The van der Waals surface area contributed by atoms with Crippen LogP contribution in [0.25, 0.3) is 10.8 Å². The molecular weight excluding hydrogens is 580 g/mol. The molecule has 7 rings (SSSR count). The normalized spacial score (nSPS) is 23.0. The number of carbonyl (C=O) groups is 1. The fourth-order valence-corrected chi connectivity index (χ4v) is 7.87. The third-order valence-corrected chi connectivity index (χ3v) is 10.1. The molecule has 2 bridgehead atoms. The first-order valence-corrected chi connectivity index (χ1v) is 16.6. The van der Waals surface area contributed by atoms with Gasteiger partial charge >= 0.3 is 6.09 Å². The number of aromatic hydroxyl groups is 1. The second kappa shape index (κ2) is 11.8. The van der Waals surface area contributed by atoms with Gasteiger partial charge in [0.2, 0.25) is 5.88 Å². The van der Waals surface area contributed by atoms with Gasteiger partial charge in [-0.2, -0.15) is 10.2 Å². The minimum atomic E-state index is -0.548. The maximum absolute atomic E-state index is 13.2. The van der Waals surface area contributed by atoms with E-state index < -0.39 is 5.60 Å². The number of hydrogen-bond donors (Lipinski definition) is 1. The summed E-state index contributed by atoms with van der Waals surface area (Å²) < 4.78 is 12.2. The lowest BCUT2D eigenvalue weighted by atomic mass is 9.94. The maximum atomic E-state index is 13.2. The average molecular weight is 625 g/mol. The Kier molecular flexibility index (Phi) is 7.84. The summed E-state index contributed by atoms with van der Waals surface area (Å²) in [5.74, 6) is 1.48. The Bertz CT molecular complexity index is 1680. The van der Waals surface area contributed by atoms with Crippen molar-refractivity contribution < 1.29 is 19.4 Å². The third-order valence-electron chi connectivity index (χ3n) is 10.1. The Hall–Kier alpha value is -4.23. The van der Waals surface area contributed by atoms with Crippen LogP contribution in [0.4, 0.5) is 16.3 Å². The van der Waals surface area contributed by atoms with Crippen LogP contribution in [0.1, 0.15) is 63.1 Å². The zero-order valence-corrected chi connectivity index (χ0v) is 27.3. The first-order chi connectivity index (χ1) is 22.1. The van der Waals surface area contributed by atoms with Gasteiger partial charge in [0.1, 0.15) is 35.4 Å². The molecule has 3 aromatic rings. The fraction of sp³-hybridized carbons (Fsp3) is 0.528. The predicted octanol–water partition coefficient (Wildman–Crippen LogP) is 5.44. The standard InChI is InChI=1S/C36H44N6O4/c1-36(2,3)46-35(44)42-24-11-12-25(42)20-41(19-24)33-29-13-15-40(32-17-27(43)16-23-8-5-6-10-28(23)32)21-31(29)30(18-37)34(38-33)45-22-26-9-7-14-39(26)4/h5-6,8,10,16-17,24-26,43H,7,9,11-15,19-22H2,1-4H3/t24?,25?,26-/m0/s1. The highest BCUT2D eigenvalue weighted by atomic mass is 16.6. The number of nitrogens with zero attached hydrogens (tertiary/aromatic N) is 6. The van der Waals surface area contributed by atoms with Crippen molar-refractivity contribution in [1.82, 2.24) is 14.8 Å². The number of nitriles is 1. The Morgan fingerprint density at radius 1 is 1.07 bits per heavy atom. The summed E-state index contributed by atoms with van der Waals surface area (Å²) in [6, 6.07) is 14.5. The van der Waals surface area contributed by atoms with Gasteiger partial charge in [-0.3, -0.25) is 4.90 Å². The second-order valence-electron chi connectivity index (χ2n) is 14.3. The van der Waals surface area contributed by atoms with Crippen molar-refractivity contribution in [2.75, 3.05) is 49.6 Å². The number of aromatic nitrogens is 1. The number of fused-ring (bicyclic) bond motifs is 4. The Labute approximate surface area is 271 Å². The Morgan fingerprint density at radius 3 is 2.52 bits per heavy atom. The van der Waals surface area contributed by atoms with E-state index in [1.54, 1.807) is 6.07 Å². The summed E-state index contributed by atoms with van der Waals surface area (Å²) in [5, 5.41) is 23.2. The van der Waals surface area contributed by atoms with Crippen molar-refractivity contribution in [3.8, 4) is 17.7 Å². The van der Waals surface area contributed by atoms with Crippen LogP contribution in [0.15, 0.2) is 36.4 Å². The molecule has 1 aromatic heterocycles. The van der Waals surface area contributed by atoms with Crippen molar-refractivity contribution in [2.24, 2.45) is 0 Å². The lowest BCUT2D eigenvalue weighted by molar-refractivity contribution is 0.0122. The fourth-order valence-electron chi connectivity index (χ4n) is 7.87. The van der Waals surface area contributed by atoms with Crippen molar-refractivity contribution in [3.63, 3.8) is 0 Å². The van der Waals surface area contributed by atoms with E-state index >= 15 is 0 Å². The summed E-state index contributed by atoms with van der Waals surface area (Å²) >= 11 is 0. The number of hydrogen-bond acceptors (Lipinski definition) is 9. The van der Waals surface area contributed by atoms with Crippen LogP contribution in [-0.4, -0.2) is 89.5 Å². The molecule has 1 N–H and O–H groups in total. The molecule has 0 saturated carbocycles. The molecule has 1 amide bonds. The van der Waals surface area contributed by atoms with Gasteiger partial charge in [-0.15, -0.1) is 0 Å². The number of phenols is 1. The molecule has 5 heterocycles. The Morgan fingerprint density at radius 2 is 1.83 bits per heavy atom. The number of rotatable bonds is 5. The molecule has 0 aliphatic carbocycles. The molecule has 10 nitrogen and oxygen atoms in total. The minimum Gasteiger partial charge on any atom is -0.508 e. The van der Waals surface area contributed by atoms with Crippen LogP contribution in [0, 0.1) is 11.3 Å². The number of likely N-dealkylation sites (tertiary alicyclic amines) is 1. The molecule has 3 atom stereocenters. The van der Waals surface area contributed by atoms with Crippen LogP contribution in [-0.2, 0) is 17.7 Å². The summed E-state index contributed by atoms with van der Waals surface area (Å²) in [6.07, 6.45) is 4.50. The number of amides is 1. The highest BCUT2D eigenvalue weighted by Gasteiger charge is 2.45. The lowest BCUT2D eigenvalue weighted by Gasteiger charge is -2.43. The molecule has 4 aliphatic rings. The molecule has 0 radical (unpaired) electrons. The molecule has 3 saturated heterocycles. The van der Waals surface area contributed by atoms with Crippen molar-refractivity contribution >= 4 is 28.4 Å². The topological polar surface area (TPSA) is 105 Å². The Balaban J connectivity index is 1.25. The number of piperazine rings is 1. The van der Waals surface area contributed by atoms with E-state index in [-0.39, 0.29) is 30.0 Å². The summed E-state index contributed by atoms with van der Waals surface area (Å²) in [7, 11) is 2.12. The van der Waals surface area contributed by atoms with Crippen molar-refractivity contribution in [3.05, 3.63) is 53.1 Å². The second-order valence-corrected chi connectivity index (χ2v) is 14.3. The van der Waals surface area contributed by atoms with E-state index in [1.165, 1.54) is 0 Å². The summed E-state index contributed by atoms with van der Waals surface area (Å²) in [5.41, 5.74) is 2.90. The quantitative estimate of drug-likeness (QED) is 0.398. The van der Waals surface area contributed by atoms with Gasteiger partial charge in [0.25, 0.3) is 0 Å². The highest BCUT2D eigenvalue weighted by Crippen LogP contribution is 2.41. The highest BCUT2D eigenvalue weighted by molar-refractivity contribution is 5.95. The van der Waals surface area contributed by atoms with Gasteiger partial charge in [-0.05, 0) is 77.9 Å². The van der Waals surface area contributed by atoms with Crippen molar-refractivity contribution in [2.45, 2.75) is 83.1 Å². The molecule has 10 heteroatoms. The smallest absolute Gasteiger partial charge is 0.410 e. The molecule has 2 aromatic carbocycles.